The Hall–Kier alpha value is -3.70. The highest BCUT2D eigenvalue weighted by Gasteiger charge is 2.35. The fourth-order valence-electron chi connectivity index (χ4n) is 5.48. The second-order valence-electron chi connectivity index (χ2n) is 12.6. The van der Waals surface area contributed by atoms with Crippen LogP contribution in [0.5, 0.6) is 5.75 Å². The van der Waals surface area contributed by atoms with E-state index in [4.69, 9.17) is 19.3 Å². The van der Waals surface area contributed by atoms with Gasteiger partial charge in [-0.05, 0) is 68.7 Å². The van der Waals surface area contributed by atoms with Crippen LogP contribution in [-0.4, -0.2) is 91.7 Å². The smallest absolute Gasteiger partial charge is 0.410 e. The van der Waals surface area contributed by atoms with Crippen LogP contribution in [0.1, 0.15) is 44.1 Å². The highest BCUT2D eigenvalue weighted by molar-refractivity contribution is 7.20. The lowest BCUT2D eigenvalue weighted by Gasteiger charge is -2.40. The number of nitrogens with one attached hydrogen (secondary N) is 2. The Kier molecular flexibility index (Phi) is 13.2. The molecule has 2 unspecified atom stereocenters. The molecule has 0 aliphatic carbocycles. The number of fused-ring (bicyclic) bond motifs is 1. The number of phenols is 1. The highest BCUT2D eigenvalue weighted by Crippen LogP contribution is 2.40. The van der Waals surface area contributed by atoms with Gasteiger partial charge in [-0.25, -0.2) is 4.79 Å². The van der Waals surface area contributed by atoms with Gasteiger partial charge in [-0.2, -0.15) is 13.2 Å². The number of carbonyl (C=O) groups is 1. The number of likely N-dealkylation sites (tertiary alicyclic amines) is 1. The van der Waals surface area contributed by atoms with Crippen molar-refractivity contribution in [1.82, 2.24) is 4.90 Å². The predicted molar refractivity (Wildman–Crippen MR) is 182 cm³/mol. The summed E-state index contributed by atoms with van der Waals surface area (Å²) >= 11 is 1.23. The number of benzene rings is 2. The van der Waals surface area contributed by atoms with Crippen molar-refractivity contribution in [2.75, 3.05) is 63.3 Å². The highest BCUT2D eigenvalue weighted by atomic mass is 32.1. The van der Waals surface area contributed by atoms with Crippen LogP contribution in [0.15, 0.2) is 42.5 Å². The van der Waals surface area contributed by atoms with Gasteiger partial charge in [-0.15, -0.1) is 11.3 Å². The maximum atomic E-state index is 13.8. The largest absolute Gasteiger partial charge is 0.508 e. The fraction of sp³-hybridized carbons (Fsp3) is 0.514. The number of aliphatic hydroxyl groups excluding tert-OH is 1. The van der Waals surface area contributed by atoms with E-state index >= 15 is 0 Å². The summed E-state index contributed by atoms with van der Waals surface area (Å²) in [6, 6.07) is 11.8. The topological polar surface area (TPSA) is 113 Å². The molecule has 4 rings (SSSR count). The van der Waals surface area contributed by atoms with Gasteiger partial charge in [0.05, 0.1) is 54.7 Å². The molecule has 0 saturated carbocycles. The van der Waals surface area contributed by atoms with Crippen LogP contribution in [-0.2, 0) is 20.6 Å². The van der Waals surface area contributed by atoms with Gasteiger partial charge in [0.15, 0.2) is 0 Å². The molecule has 4 N–H and O–H groups in total. The van der Waals surface area contributed by atoms with E-state index in [0.717, 1.165) is 0 Å². The van der Waals surface area contributed by atoms with Gasteiger partial charge in [0.2, 0.25) is 0 Å². The standard InChI is InChI=1S/C35H44F3N3O6S/c1-34(2,3)47-33(44)41-15-12-29(24(23-41)13-17-45-19-20-46-18-16-42)40-30-10-5-9-27-28(22-35(36,37)38)31(48-32(27)30)11-6-14-39-25-7-4-8-26(43)21-25/h4-5,7-10,21,24,29,39-40,42-43H,12-20,22-23H2,1-3H3. The van der Waals surface area contributed by atoms with Crippen LogP contribution in [0.3, 0.4) is 0 Å². The number of thiophene rings is 1. The van der Waals surface area contributed by atoms with E-state index < -0.39 is 18.2 Å². The number of aromatic hydroxyl groups is 1. The van der Waals surface area contributed by atoms with E-state index in [1.54, 1.807) is 41.3 Å². The molecule has 1 aliphatic heterocycles. The summed E-state index contributed by atoms with van der Waals surface area (Å²) in [5.74, 6) is 5.96. The Morgan fingerprint density at radius 1 is 1.08 bits per heavy atom. The first kappa shape index (κ1) is 37.1. The molecule has 1 saturated heterocycles. The quantitative estimate of drug-likeness (QED) is 0.117. The summed E-state index contributed by atoms with van der Waals surface area (Å²) in [5, 5.41) is 25.7. The number of ether oxygens (including phenoxy) is 3. The van der Waals surface area contributed by atoms with Gasteiger partial charge in [0.25, 0.3) is 0 Å². The van der Waals surface area contributed by atoms with Crippen molar-refractivity contribution < 1.29 is 42.4 Å². The van der Waals surface area contributed by atoms with E-state index in [1.807, 2.05) is 26.8 Å². The van der Waals surface area contributed by atoms with Crippen LogP contribution >= 0.6 is 11.3 Å². The van der Waals surface area contributed by atoms with Crippen LogP contribution in [0.4, 0.5) is 29.3 Å². The van der Waals surface area contributed by atoms with Gasteiger partial charge in [-0.1, -0.05) is 30.0 Å². The number of amides is 1. The maximum Gasteiger partial charge on any atom is 0.410 e. The zero-order valence-corrected chi connectivity index (χ0v) is 28.3. The van der Waals surface area contributed by atoms with Gasteiger partial charge in [-0.3, -0.25) is 0 Å². The predicted octanol–water partition coefficient (Wildman–Crippen LogP) is 6.63. The third-order valence-corrected chi connectivity index (χ3v) is 8.79. The Morgan fingerprint density at radius 2 is 1.83 bits per heavy atom. The number of rotatable bonds is 13. The van der Waals surface area contributed by atoms with E-state index in [0.29, 0.717) is 72.1 Å². The monoisotopic (exact) mass is 691 g/mol. The molecule has 48 heavy (non-hydrogen) atoms. The Labute approximate surface area is 283 Å². The zero-order valence-electron chi connectivity index (χ0n) is 27.5. The van der Waals surface area contributed by atoms with Crippen molar-refractivity contribution >= 4 is 38.9 Å². The summed E-state index contributed by atoms with van der Waals surface area (Å²) < 4.78 is 58.6. The molecule has 13 heteroatoms. The first-order valence-corrected chi connectivity index (χ1v) is 16.8. The molecule has 2 aromatic carbocycles. The average molecular weight is 692 g/mol. The number of hydrogen-bond donors (Lipinski definition) is 4. The summed E-state index contributed by atoms with van der Waals surface area (Å²) in [6.07, 6.45) is -4.68. The van der Waals surface area contributed by atoms with Crippen molar-refractivity contribution in [3.05, 3.63) is 52.9 Å². The lowest BCUT2D eigenvalue weighted by Crippen LogP contribution is -2.50. The second-order valence-corrected chi connectivity index (χ2v) is 13.6. The van der Waals surface area contributed by atoms with Crippen molar-refractivity contribution in [2.45, 2.75) is 57.9 Å². The molecule has 1 aliphatic rings. The molecule has 0 bridgehead atoms. The van der Waals surface area contributed by atoms with Gasteiger partial charge >= 0.3 is 12.3 Å². The fourth-order valence-corrected chi connectivity index (χ4v) is 6.65. The number of carbonyl (C=O) groups excluding carboxylic acids is 1. The minimum Gasteiger partial charge on any atom is -0.508 e. The SMILES string of the molecule is CC(C)(C)OC(=O)N1CCC(Nc2cccc3c(CC(F)(F)F)c(C#CCNc4cccc(O)c4)sc23)C(CCOCCOCCO)C1. The van der Waals surface area contributed by atoms with Crippen molar-refractivity contribution in [2.24, 2.45) is 5.92 Å². The first-order chi connectivity index (χ1) is 22.8. The number of anilines is 2. The lowest BCUT2D eigenvalue weighted by atomic mass is 9.89. The second kappa shape index (κ2) is 17.1. The molecule has 2 heterocycles. The number of aliphatic hydroxyl groups is 1. The van der Waals surface area contributed by atoms with E-state index in [9.17, 15) is 23.1 Å². The zero-order chi connectivity index (χ0) is 34.7. The molecule has 3 aromatic rings. The summed E-state index contributed by atoms with van der Waals surface area (Å²) in [4.78, 5) is 15.0. The first-order valence-electron chi connectivity index (χ1n) is 16.0. The third-order valence-electron chi connectivity index (χ3n) is 7.59. The Morgan fingerprint density at radius 3 is 2.54 bits per heavy atom. The van der Waals surface area contributed by atoms with E-state index in [2.05, 4.69) is 22.5 Å². The Bertz CT molecular complexity index is 1560. The van der Waals surface area contributed by atoms with E-state index in [-0.39, 0.29) is 49.1 Å². The summed E-state index contributed by atoms with van der Waals surface area (Å²) in [7, 11) is 0. The van der Waals surface area contributed by atoms with Crippen LogP contribution in [0.2, 0.25) is 0 Å². The van der Waals surface area contributed by atoms with Crippen LogP contribution < -0.4 is 10.6 Å². The average Bonchev–Trinajstić information content (AvgIpc) is 3.35. The number of nitrogens with zero attached hydrogens (tertiary/aromatic N) is 1. The molecule has 262 valence electrons. The normalized spacial score (nSPS) is 16.8. The molecular weight excluding hydrogens is 647 g/mol. The molecule has 2 atom stereocenters. The minimum atomic E-state index is -4.42. The molecular formula is C35H44F3N3O6S. The Balaban J connectivity index is 1.54. The van der Waals surface area contributed by atoms with Gasteiger partial charge in [0, 0.05) is 37.5 Å². The number of hydrogen-bond acceptors (Lipinski definition) is 9. The van der Waals surface area contributed by atoms with Crippen LogP contribution in [0.25, 0.3) is 10.1 Å². The van der Waals surface area contributed by atoms with Gasteiger partial charge in [0.1, 0.15) is 11.4 Å². The van der Waals surface area contributed by atoms with Crippen LogP contribution in [0, 0.1) is 17.8 Å². The molecule has 9 nitrogen and oxygen atoms in total. The maximum absolute atomic E-state index is 13.8. The molecule has 1 amide bonds. The van der Waals surface area contributed by atoms with Crippen molar-refractivity contribution in [3.8, 4) is 17.6 Å². The van der Waals surface area contributed by atoms with Crippen molar-refractivity contribution in [1.29, 1.82) is 0 Å². The number of halogens is 3. The number of piperidine rings is 1. The number of alkyl halides is 3. The molecule has 0 spiro atoms. The van der Waals surface area contributed by atoms with Crippen molar-refractivity contribution in [3.63, 3.8) is 0 Å². The van der Waals surface area contributed by atoms with Gasteiger partial charge < -0.3 is 40.0 Å². The molecule has 1 fully saturated rings. The minimum absolute atomic E-state index is 0.0303. The summed E-state index contributed by atoms with van der Waals surface area (Å²) in [5.41, 5.74) is 0.870. The van der Waals surface area contributed by atoms with E-state index in [1.165, 1.54) is 11.3 Å². The lowest BCUT2D eigenvalue weighted by molar-refractivity contribution is -0.126. The molecule has 1 aromatic heterocycles. The molecule has 0 radical (unpaired) electrons. The third kappa shape index (κ3) is 11.5. The number of phenolic OH excluding ortho intramolecular Hbond substituents is 1. The summed E-state index contributed by atoms with van der Waals surface area (Å²) in [6.45, 7) is 7.86.